The van der Waals surface area contributed by atoms with E-state index in [1.165, 1.54) is 0 Å². The molecule has 0 aromatic rings. The van der Waals surface area contributed by atoms with E-state index in [4.69, 9.17) is 0 Å². The molecule has 0 aliphatic carbocycles. The second-order valence-corrected chi connectivity index (χ2v) is 15.0. The van der Waals surface area contributed by atoms with Crippen LogP contribution in [0.25, 0.3) is 0 Å². The Morgan fingerprint density at radius 3 is 0.375 bits per heavy atom. The first-order valence-corrected chi connectivity index (χ1v) is 24.6. The summed E-state index contributed by atoms with van der Waals surface area (Å²) >= 11 is -1.75. The third-order valence-electron chi connectivity index (χ3n) is 0. The molecule has 0 aliphatic rings. The van der Waals surface area contributed by atoms with Gasteiger partial charge in [0.25, 0.3) is 0 Å². The molecule has 16 heavy (non-hydrogen) atoms. The maximum absolute atomic E-state index is 4.38. The number of rotatable bonds is 0. The monoisotopic (exact) mass is 1150 g/mol. The molecule has 0 atom stereocenters. The Morgan fingerprint density at radius 1 is 0.375 bits per heavy atom. The van der Waals surface area contributed by atoms with Crippen LogP contribution in [0.4, 0.5) is 0 Å². The molecule has 0 aromatic heterocycles. The van der Waals surface area contributed by atoms with Gasteiger partial charge in [0.05, 0.1) is 0 Å². The van der Waals surface area contributed by atoms with Gasteiger partial charge in [-0.3, -0.25) is 0 Å². The van der Waals surface area contributed by atoms with E-state index >= 15 is 0 Å². The molecule has 0 bridgehead atoms. The van der Waals surface area contributed by atoms with Crippen LogP contribution < -0.4 is 0 Å². The normalized spacial score (nSPS) is 2.25. The van der Waals surface area contributed by atoms with Crippen LogP contribution in [0.2, 0.25) is 0 Å². The summed E-state index contributed by atoms with van der Waals surface area (Å²) in [7, 11) is 26.2. The van der Waals surface area contributed by atoms with E-state index in [2.05, 4.69) is 58.9 Å². The van der Waals surface area contributed by atoms with Gasteiger partial charge in [-0.15, -0.1) is 0 Å². The third kappa shape index (κ3) is 188. The fourth-order valence-electron chi connectivity index (χ4n) is 0. The van der Waals surface area contributed by atoms with Crippen LogP contribution in [0.15, 0.2) is 0 Å². The maximum atomic E-state index is 4.38. The first-order chi connectivity index (χ1) is 4.24. The molecule has 0 saturated heterocycles. The summed E-state index contributed by atoms with van der Waals surface area (Å²) in [5.74, 6) is 0. The molecule has 0 unspecified atom stereocenters. The van der Waals surface area contributed by atoms with Crippen LogP contribution in [-0.2, 0) is 126 Å². The molecule has 16 heteroatoms. The number of hydrogen-bond donors (Lipinski definition) is 0. The molecule has 0 heterocycles. The van der Waals surface area contributed by atoms with Crippen molar-refractivity contribution in [1.82, 2.24) is 0 Å². The van der Waals surface area contributed by atoms with Gasteiger partial charge in [-0.05, 0) is 0 Å². The Kier molecular flexibility index (Phi) is 422. The molecule has 0 aliphatic heterocycles. The average Bonchev–Trinajstić information content (AvgIpc) is 1.70. The Balaban J connectivity index is -0.00000000346. The van der Waals surface area contributed by atoms with Crippen molar-refractivity contribution in [2.24, 2.45) is 0 Å². The molecule has 104 valence electrons. The van der Waals surface area contributed by atoms with Crippen LogP contribution >= 0.6 is 58.9 Å². The van der Waals surface area contributed by atoms with E-state index in [0.717, 1.165) is 0 Å². The van der Waals surface area contributed by atoms with Gasteiger partial charge in [0.2, 0.25) is 0 Å². The molecule has 0 spiro atoms. The van der Waals surface area contributed by atoms with Gasteiger partial charge in [0, 0.05) is 0 Å². The van der Waals surface area contributed by atoms with Crippen LogP contribution in [0.5, 0.6) is 0 Å². The van der Waals surface area contributed by atoms with Crippen molar-refractivity contribution in [2.75, 3.05) is 0 Å². The van der Waals surface area contributed by atoms with Crippen molar-refractivity contribution in [3.8, 4) is 0 Å². The Bertz CT molecular complexity index is 108. The van der Waals surface area contributed by atoms with Gasteiger partial charge >= 0.3 is 130 Å². The predicted molar refractivity (Wildman–Crippen MR) is 104 cm³/mol. The summed E-state index contributed by atoms with van der Waals surface area (Å²) < 4.78 is 0. The van der Waals surface area contributed by atoms with Crippen molar-refractivity contribution in [2.45, 2.75) is 0 Å². The quantitative estimate of drug-likeness (QED) is 0.198. The van der Waals surface area contributed by atoms with Crippen molar-refractivity contribution < 1.29 is 44.8 Å². The zero-order chi connectivity index (χ0) is 8.12. The predicted octanol–water partition coefficient (Wildman–Crippen LogP) is 1.88. The van der Waals surface area contributed by atoms with Gasteiger partial charge in [0.15, 0.2) is 0 Å². The molecule has 0 nitrogen and oxygen atoms in total. The zero-order valence-corrected chi connectivity index (χ0v) is 29.3. The topological polar surface area (TPSA) is 0 Å². The first kappa shape index (κ1) is 66.8. The molecule has 0 amide bonds. The van der Waals surface area contributed by atoms with Crippen LogP contribution in [-0.4, -0.2) is 26.2 Å². The average molecular weight is 1150 g/mol. The van der Waals surface area contributed by atoms with Crippen LogP contribution in [0, 0.1) is 0 Å². The van der Waals surface area contributed by atoms with Gasteiger partial charge in [-0.1, -0.05) is 0 Å². The second-order valence-electron chi connectivity index (χ2n) is 0.204. The minimum atomic E-state index is -0.583. The van der Waals surface area contributed by atoms with Gasteiger partial charge in [0.1, 0.15) is 0 Å². The molecule has 0 saturated carbocycles. The molecule has 2 radical (unpaired) electrons. The Labute approximate surface area is 206 Å². The summed E-state index contributed by atoms with van der Waals surface area (Å²) in [4.78, 5) is 0. The number of thiol groups is 6. The van der Waals surface area contributed by atoms with Crippen LogP contribution in [0.3, 0.4) is 0 Å². The Hall–Kier alpha value is 6.37. The first-order valence-electron chi connectivity index (χ1n) is 1.00. The summed E-state index contributed by atoms with van der Waals surface area (Å²) in [6, 6.07) is 0. The van der Waals surface area contributed by atoms with Gasteiger partial charge < -0.3 is 81.0 Å². The summed E-state index contributed by atoms with van der Waals surface area (Å²) in [5, 5.41) is 0. The third-order valence-corrected chi connectivity index (χ3v) is 0. The molecule has 0 aromatic carbocycles. The molecular weight excluding hydrogens is 1150 g/mol. The van der Waals surface area contributed by atoms with E-state index in [1.54, 1.807) is 0 Å². The van der Waals surface area contributed by atoms with E-state index < -0.39 is 44.8 Å². The SMILES string of the molecule is [Bi+3].[SH-].[SH-].[SH-].[SH-].[SH-].[SH-].[S]=[W]=[S].[S]=[W]=[S].[S]=[W]=[S]. The van der Waals surface area contributed by atoms with E-state index in [1.807, 2.05) is 0 Å². The zero-order valence-electron chi connectivity index (χ0n) is 6.80. The fraction of sp³-hybridized carbons (Fsp3) is 0. The standard InChI is InChI=1S/Bi.6H2S.6S.3W/h;6*1H2;;;;;;;;;/q+3;;;;;;;;;;;;;;;/p-6. The molecular formula is H6BiS12W3-3. The molecule has 0 rings (SSSR count). The van der Waals surface area contributed by atoms with Crippen molar-refractivity contribution in [1.29, 1.82) is 0 Å². The summed E-state index contributed by atoms with van der Waals surface area (Å²) in [6.45, 7) is 0. The van der Waals surface area contributed by atoms with Crippen molar-refractivity contribution in [3.05, 3.63) is 0 Å². The van der Waals surface area contributed by atoms with Crippen molar-refractivity contribution >= 4 is 166 Å². The van der Waals surface area contributed by atoms with E-state index in [-0.39, 0.29) is 107 Å². The minimum absolute atomic E-state index is 0. The summed E-state index contributed by atoms with van der Waals surface area (Å²) in [6.07, 6.45) is 0. The van der Waals surface area contributed by atoms with Gasteiger partial charge in [-0.25, -0.2) is 0 Å². The van der Waals surface area contributed by atoms with Crippen LogP contribution in [0.1, 0.15) is 0 Å². The van der Waals surface area contributed by atoms with Gasteiger partial charge in [-0.2, -0.15) is 0 Å². The number of hydrogen-bond acceptors (Lipinski definition) is 12. The Morgan fingerprint density at radius 2 is 0.375 bits per heavy atom. The molecule has 0 fully saturated rings. The van der Waals surface area contributed by atoms with E-state index in [9.17, 15) is 0 Å². The van der Waals surface area contributed by atoms with E-state index in [0.29, 0.717) is 0 Å². The van der Waals surface area contributed by atoms with Crippen molar-refractivity contribution in [3.63, 3.8) is 0 Å². The summed E-state index contributed by atoms with van der Waals surface area (Å²) in [5.41, 5.74) is 0. The molecule has 0 N–H and O–H groups in total. The second kappa shape index (κ2) is 101. The fourth-order valence-corrected chi connectivity index (χ4v) is 0.